The van der Waals surface area contributed by atoms with Crippen molar-refractivity contribution in [3.8, 4) is 0 Å². The second kappa shape index (κ2) is 11.5. The predicted octanol–water partition coefficient (Wildman–Crippen LogP) is 7.38. The van der Waals surface area contributed by atoms with Gasteiger partial charge in [0.05, 0.1) is 16.9 Å². The molecule has 0 aromatic carbocycles. The Labute approximate surface area is 183 Å². The summed E-state index contributed by atoms with van der Waals surface area (Å²) in [6.45, 7) is 0.758. The molecule has 0 aromatic heterocycles. The summed E-state index contributed by atoms with van der Waals surface area (Å²) in [5, 5.41) is 0.0901. The number of ether oxygens (including phenoxy) is 2. The molecule has 3 aliphatic rings. The molecule has 2 nitrogen and oxygen atoms in total. The predicted molar refractivity (Wildman–Crippen MR) is 122 cm³/mol. The van der Waals surface area contributed by atoms with E-state index in [1.807, 2.05) is 0 Å². The van der Waals surface area contributed by atoms with Gasteiger partial charge in [0.25, 0.3) is 0 Å². The highest BCUT2D eigenvalue weighted by Gasteiger charge is 2.23. The van der Waals surface area contributed by atoms with E-state index >= 15 is 0 Å². The summed E-state index contributed by atoms with van der Waals surface area (Å²) in [6, 6.07) is 0. The summed E-state index contributed by atoms with van der Waals surface area (Å²) >= 11 is 9.04. The highest BCUT2D eigenvalue weighted by molar-refractivity contribution is 14.1. The number of halogens is 2. The van der Waals surface area contributed by atoms with Crippen molar-refractivity contribution in [3.05, 3.63) is 47.0 Å². The minimum Gasteiger partial charge on any atom is -0.494 e. The fourth-order valence-electron chi connectivity index (χ4n) is 3.92. The Kier molecular flexibility index (Phi) is 9.11. The maximum absolute atomic E-state index is 6.61. The molecule has 0 bridgehead atoms. The number of unbranched alkanes of at least 4 members (excludes halogenated alkanes) is 1. The lowest BCUT2D eigenvalue weighted by atomic mass is 9.97. The molecule has 0 aromatic rings. The lowest BCUT2D eigenvalue weighted by Crippen LogP contribution is -2.20. The van der Waals surface area contributed by atoms with Gasteiger partial charge in [-0.2, -0.15) is 0 Å². The van der Waals surface area contributed by atoms with Gasteiger partial charge in [-0.25, -0.2) is 0 Å². The van der Waals surface area contributed by atoms with E-state index < -0.39 is 0 Å². The fourth-order valence-corrected chi connectivity index (χ4v) is 4.80. The van der Waals surface area contributed by atoms with Crippen LogP contribution in [-0.4, -0.2) is 22.5 Å². The van der Waals surface area contributed by atoms with Crippen molar-refractivity contribution in [2.24, 2.45) is 0 Å². The molecule has 0 saturated heterocycles. The first-order valence-electron chi connectivity index (χ1n) is 10.5. The average molecular weight is 503 g/mol. The molecule has 0 N–H and O–H groups in total. The first kappa shape index (κ1) is 21.3. The van der Waals surface area contributed by atoms with Crippen molar-refractivity contribution in [3.63, 3.8) is 0 Å². The monoisotopic (exact) mass is 502 g/mol. The van der Waals surface area contributed by atoms with E-state index in [4.69, 9.17) is 21.1 Å². The van der Waals surface area contributed by atoms with E-state index in [1.165, 1.54) is 54.1 Å². The molecular weight excluding hydrogens is 471 g/mol. The summed E-state index contributed by atoms with van der Waals surface area (Å²) in [5.74, 6) is 2.14. The third-order valence-electron chi connectivity index (χ3n) is 5.55. The van der Waals surface area contributed by atoms with Gasteiger partial charge in [0.2, 0.25) is 0 Å². The second-order valence-corrected chi connectivity index (χ2v) is 9.39. The van der Waals surface area contributed by atoms with Crippen LogP contribution in [0.5, 0.6) is 0 Å². The quantitative estimate of drug-likeness (QED) is 0.142. The van der Waals surface area contributed by atoms with Crippen LogP contribution in [0.3, 0.4) is 0 Å². The topological polar surface area (TPSA) is 18.5 Å². The number of hydrogen-bond acceptors (Lipinski definition) is 2. The molecule has 0 fully saturated rings. The van der Waals surface area contributed by atoms with Crippen molar-refractivity contribution in [2.45, 2.75) is 82.1 Å². The molecule has 0 amide bonds. The number of allylic oxidation sites excluding steroid dienone is 6. The Balaban J connectivity index is 1.45. The van der Waals surface area contributed by atoms with Crippen LogP contribution in [0, 0.1) is 0 Å². The minimum absolute atomic E-state index is 0.0901. The molecule has 0 spiro atoms. The van der Waals surface area contributed by atoms with Crippen molar-refractivity contribution < 1.29 is 9.47 Å². The molecule has 0 radical (unpaired) electrons. The lowest BCUT2D eigenvalue weighted by molar-refractivity contribution is 0.0762. The molecule has 0 saturated carbocycles. The van der Waals surface area contributed by atoms with E-state index in [-0.39, 0.29) is 11.5 Å². The number of alkyl halides is 2. The molecule has 27 heavy (non-hydrogen) atoms. The van der Waals surface area contributed by atoms with E-state index in [9.17, 15) is 0 Å². The first-order valence-corrected chi connectivity index (χ1v) is 12.5. The highest BCUT2D eigenvalue weighted by Crippen LogP contribution is 2.31. The SMILES string of the molecule is ClC1CC(OC2CCC=C(OCC3=CCCCC3)C2)=CC=C1CCCCI. The van der Waals surface area contributed by atoms with Gasteiger partial charge < -0.3 is 9.47 Å². The lowest BCUT2D eigenvalue weighted by Gasteiger charge is -2.28. The maximum Gasteiger partial charge on any atom is 0.109 e. The van der Waals surface area contributed by atoms with Crippen molar-refractivity contribution in [1.29, 1.82) is 0 Å². The van der Waals surface area contributed by atoms with Gasteiger partial charge in [-0.3, -0.25) is 0 Å². The fraction of sp³-hybridized carbons (Fsp3) is 0.652. The van der Waals surface area contributed by atoms with Crippen LogP contribution in [0.2, 0.25) is 0 Å². The third-order valence-corrected chi connectivity index (χ3v) is 6.75. The van der Waals surface area contributed by atoms with Crippen molar-refractivity contribution in [2.75, 3.05) is 11.0 Å². The number of rotatable bonds is 9. The van der Waals surface area contributed by atoms with Crippen LogP contribution in [0.4, 0.5) is 0 Å². The van der Waals surface area contributed by atoms with Gasteiger partial charge in [-0.05, 0) is 79.9 Å². The standard InChI is InChI=1S/C23H32ClIO2/c24-23-16-22(13-12-19(23)9-4-5-14-25)27-21-11-6-10-20(15-21)26-17-18-7-2-1-3-8-18/h7,10,12-13,21,23H,1-6,8-9,11,14-17H2. The largest absolute Gasteiger partial charge is 0.494 e. The van der Waals surface area contributed by atoms with Crippen LogP contribution in [0.25, 0.3) is 0 Å². The Hall–Kier alpha value is -0.420. The second-order valence-electron chi connectivity index (χ2n) is 7.78. The first-order chi connectivity index (χ1) is 13.2. The van der Waals surface area contributed by atoms with Gasteiger partial charge in [-0.1, -0.05) is 40.3 Å². The van der Waals surface area contributed by atoms with E-state index in [1.54, 1.807) is 0 Å². The van der Waals surface area contributed by atoms with Crippen molar-refractivity contribution in [1.82, 2.24) is 0 Å². The summed E-state index contributed by atoms with van der Waals surface area (Å²) in [4.78, 5) is 0. The van der Waals surface area contributed by atoms with Gasteiger partial charge in [0.1, 0.15) is 12.7 Å². The summed E-state index contributed by atoms with van der Waals surface area (Å²) < 4.78 is 13.6. The zero-order chi connectivity index (χ0) is 18.9. The van der Waals surface area contributed by atoms with Crippen LogP contribution in [0.1, 0.15) is 70.6 Å². The van der Waals surface area contributed by atoms with E-state index in [0.29, 0.717) is 0 Å². The zero-order valence-electron chi connectivity index (χ0n) is 16.2. The number of hydrogen-bond donors (Lipinski definition) is 0. The third kappa shape index (κ3) is 7.16. The molecule has 150 valence electrons. The molecule has 4 heteroatoms. The Morgan fingerprint density at radius 3 is 2.74 bits per heavy atom. The zero-order valence-corrected chi connectivity index (χ0v) is 19.1. The highest BCUT2D eigenvalue weighted by atomic mass is 127. The summed E-state index contributed by atoms with van der Waals surface area (Å²) in [7, 11) is 0. The van der Waals surface area contributed by atoms with Gasteiger partial charge >= 0.3 is 0 Å². The Morgan fingerprint density at radius 1 is 1.04 bits per heavy atom. The normalized spacial score (nSPS) is 25.9. The molecule has 0 heterocycles. The van der Waals surface area contributed by atoms with Crippen LogP contribution >= 0.6 is 34.2 Å². The van der Waals surface area contributed by atoms with Gasteiger partial charge in [0, 0.05) is 12.8 Å². The molecular formula is C23H32ClIO2. The Morgan fingerprint density at radius 2 is 1.96 bits per heavy atom. The minimum atomic E-state index is 0.0901. The summed E-state index contributed by atoms with van der Waals surface area (Å²) in [6.07, 6.45) is 21.6. The average Bonchev–Trinajstić information content (AvgIpc) is 2.69. The molecule has 2 unspecified atom stereocenters. The molecule has 0 aliphatic heterocycles. The molecule has 2 atom stereocenters. The molecule has 3 aliphatic carbocycles. The van der Waals surface area contributed by atoms with Gasteiger partial charge in [-0.15, -0.1) is 11.6 Å². The van der Waals surface area contributed by atoms with Crippen LogP contribution < -0.4 is 0 Å². The summed E-state index contributed by atoms with van der Waals surface area (Å²) in [5.41, 5.74) is 2.83. The van der Waals surface area contributed by atoms with Gasteiger partial charge in [0.15, 0.2) is 0 Å². The van der Waals surface area contributed by atoms with E-state index in [0.717, 1.165) is 50.2 Å². The van der Waals surface area contributed by atoms with Crippen LogP contribution in [0.15, 0.2) is 47.0 Å². The maximum atomic E-state index is 6.61. The molecule has 3 rings (SSSR count). The van der Waals surface area contributed by atoms with Crippen LogP contribution in [-0.2, 0) is 9.47 Å². The van der Waals surface area contributed by atoms with Crippen molar-refractivity contribution >= 4 is 34.2 Å². The Bertz CT molecular complexity index is 605. The van der Waals surface area contributed by atoms with E-state index in [2.05, 4.69) is 46.9 Å². The smallest absolute Gasteiger partial charge is 0.109 e.